The first kappa shape index (κ1) is 20.9. The third-order valence-corrected chi connectivity index (χ3v) is 5.70. The van der Waals surface area contributed by atoms with E-state index < -0.39 is 0 Å². The second-order valence-electron chi connectivity index (χ2n) is 8.65. The van der Waals surface area contributed by atoms with E-state index in [1.54, 1.807) is 0 Å². The van der Waals surface area contributed by atoms with Gasteiger partial charge in [-0.05, 0) is 46.3 Å². The van der Waals surface area contributed by atoms with Gasteiger partial charge in [0.05, 0.1) is 6.04 Å². The van der Waals surface area contributed by atoms with Crippen LogP contribution in [0, 0.1) is 0 Å². The minimum Gasteiger partial charge on any atom is -0.487 e. The molecule has 1 saturated heterocycles. The predicted octanol–water partition coefficient (Wildman–Crippen LogP) is 2.48. The molecule has 0 spiro atoms. The Kier molecular flexibility index (Phi) is 7.18. The van der Waals surface area contributed by atoms with E-state index in [0.29, 0.717) is 0 Å². The van der Waals surface area contributed by atoms with Crippen LogP contribution in [-0.4, -0.2) is 74.7 Å². The third-order valence-electron chi connectivity index (χ3n) is 5.70. The van der Waals surface area contributed by atoms with Crippen LogP contribution in [0.3, 0.4) is 0 Å². The normalized spacial score (nSPS) is 23.0. The Morgan fingerprint density at radius 3 is 2.68 bits per heavy atom. The van der Waals surface area contributed by atoms with Gasteiger partial charge < -0.3 is 25.2 Å². The maximum absolute atomic E-state index is 6.13. The van der Waals surface area contributed by atoms with Crippen LogP contribution in [0.1, 0.15) is 44.7 Å². The van der Waals surface area contributed by atoms with Crippen LogP contribution in [0.4, 0.5) is 0 Å². The number of piperazine rings is 1. The van der Waals surface area contributed by atoms with Crippen LogP contribution < -0.4 is 15.4 Å². The molecule has 0 bridgehead atoms. The van der Waals surface area contributed by atoms with Crippen molar-refractivity contribution in [2.24, 2.45) is 4.99 Å². The van der Waals surface area contributed by atoms with Crippen molar-refractivity contribution >= 4 is 5.96 Å². The highest BCUT2D eigenvalue weighted by Gasteiger charge is 2.33. The number of aliphatic imine (C=N–C) groups is 1. The smallest absolute Gasteiger partial charge is 0.191 e. The molecule has 2 heterocycles. The number of benzene rings is 1. The molecule has 2 aliphatic heterocycles. The summed E-state index contributed by atoms with van der Waals surface area (Å²) in [7, 11) is 4.05. The number of rotatable bonds is 6. The monoisotopic (exact) mass is 387 g/mol. The molecule has 0 amide bonds. The predicted molar refractivity (Wildman–Crippen MR) is 116 cm³/mol. The van der Waals surface area contributed by atoms with Crippen LogP contribution in [-0.2, 0) is 0 Å². The van der Waals surface area contributed by atoms with Crippen molar-refractivity contribution in [2.45, 2.75) is 44.8 Å². The molecule has 156 valence electrons. The second kappa shape index (κ2) is 9.61. The zero-order valence-corrected chi connectivity index (χ0v) is 18.0. The fourth-order valence-corrected chi connectivity index (χ4v) is 4.03. The molecule has 6 nitrogen and oxygen atoms in total. The molecule has 1 aromatic carbocycles. The number of nitrogens with zero attached hydrogens (tertiary/aromatic N) is 3. The molecule has 1 aromatic rings. The summed E-state index contributed by atoms with van der Waals surface area (Å²) >= 11 is 0. The van der Waals surface area contributed by atoms with E-state index in [0.717, 1.165) is 31.1 Å². The van der Waals surface area contributed by atoms with Gasteiger partial charge in [0.1, 0.15) is 11.4 Å². The lowest BCUT2D eigenvalue weighted by Crippen LogP contribution is -2.46. The molecule has 6 heteroatoms. The van der Waals surface area contributed by atoms with Crippen LogP contribution in [0.5, 0.6) is 5.75 Å². The average Bonchev–Trinajstić information content (AvgIpc) is 2.67. The van der Waals surface area contributed by atoms with Crippen molar-refractivity contribution in [3.05, 3.63) is 29.8 Å². The molecule has 1 unspecified atom stereocenters. The van der Waals surface area contributed by atoms with E-state index in [-0.39, 0.29) is 11.6 Å². The lowest BCUT2D eigenvalue weighted by Gasteiger charge is -2.38. The van der Waals surface area contributed by atoms with Gasteiger partial charge in [-0.15, -0.1) is 0 Å². The SMILES string of the molecule is CN=C(NCCCCN1CCN(C)CC1)NC1CC(C)(C)Oc2ccccc21. The third kappa shape index (κ3) is 5.85. The summed E-state index contributed by atoms with van der Waals surface area (Å²) < 4.78 is 6.13. The number of ether oxygens (including phenoxy) is 1. The summed E-state index contributed by atoms with van der Waals surface area (Å²) in [4.78, 5) is 9.42. The molecule has 0 radical (unpaired) electrons. The zero-order chi connectivity index (χ0) is 20.0. The molecule has 1 atom stereocenters. The van der Waals surface area contributed by atoms with Gasteiger partial charge in [-0.25, -0.2) is 0 Å². The van der Waals surface area contributed by atoms with Crippen molar-refractivity contribution in [2.75, 3.05) is 53.4 Å². The molecule has 3 rings (SSSR count). The molecule has 2 N–H and O–H groups in total. The Labute approximate surface area is 170 Å². The Hall–Kier alpha value is -1.79. The molecule has 0 aliphatic carbocycles. The first-order chi connectivity index (χ1) is 13.5. The lowest BCUT2D eigenvalue weighted by atomic mass is 9.90. The average molecular weight is 388 g/mol. The maximum Gasteiger partial charge on any atom is 0.191 e. The van der Waals surface area contributed by atoms with E-state index in [1.165, 1.54) is 44.7 Å². The standard InChI is InChI=1S/C22H37N5O/c1-22(2)17-19(18-9-5-6-10-20(18)28-22)25-21(23-3)24-11-7-8-12-27-15-13-26(4)14-16-27/h5-6,9-10,19H,7-8,11-17H2,1-4H3,(H2,23,24,25). The van der Waals surface area contributed by atoms with Crippen molar-refractivity contribution in [3.63, 3.8) is 0 Å². The highest BCUT2D eigenvalue weighted by molar-refractivity contribution is 5.80. The summed E-state index contributed by atoms with van der Waals surface area (Å²) in [5, 5.41) is 7.10. The minimum absolute atomic E-state index is 0.187. The fourth-order valence-electron chi connectivity index (χ4n) is 4.03. The second-order valence-corrected chi connectivity index (χ2v) is 8.65. The van der Waals surface area contributed by atoms with E-state index in [9.17, 15) is 0 Å². The summed E-state index contributed by atoms with van der Waals surface area (Å²) in [6.07, 6.45) is 3.29. The molecule has 28 heavy (non-hydrogen) atoms. The molecular formula is C22H37N5O. The Morgan fingerprint density at radius 2 is 1.93 bits per heavy atom. The van der Waals surface area contributed by atoms with Crippen molar-refractivity contribution in [3.8, 4) is 5.75 Å². The van der Waals surface area contributed by atoms with Gasteiger partial charge in [0, 0.05) is 51.8 Å². The summed E-state index contributed by atoms with van der Waals surface area (Å²) in [6.45, 7) is 11.2. The number of hydrogen-bond donors (Lipinski definition) is 2. The molecule has 2 aliphatic rings. The lowest BCUT2D eigenvalue weighted by molar-refractivity contribution is 0.0694. The molecule has 0 aromatic heterocycles. The van der Waals surface area contributed by atoms with Crippen LogP contribution in [0.25, 0.3) is 0 Å². The number of unbranched alkanes of at least 4 members (excludes halogenated alkanes) is 1. The highest BCUT2D eigenvalue weighted by atomic mass is 16.5. The van der Waals surface area contributed by atoms with E-state index in [2.05, 4.69) is 64.5 Å². The minimum atomic E-state index is -0.187. The first-order valence-electron chi connectivity index (χ1n) is 10.6. The number of fused-ring (bicyclic) bond motifs is 1. The van der Waals surface area contributed by atoms with Gasteiger partial charge in [-0.1, -0.05) is 18.2 Å². The van der Waals surface area contributed by atoms with Gasteiger partial charge in [-0.3, -0.25) is 4.99 Å². The summed E-state index contributed by atoms with van der Waals surface area (Å²) in [6, 6.07) is 8.51. The van der Waals surface area contributed by atoms with Gasteiger partial charge in [0.2, 0.25) is 0 Å². The Morgan fingerprint density at radius 1 is 1.18 bits per heavy atom. The van der Waals surface area contributed by atoms with Crippen LogP contribution >= 0.6 is 0 Å². The Bertz CT molecular complexity index is 652. The highest BCUT2D eigenvalue weighted by Crippen LogP contribution is 2.39. The van der Waals surface area contributed by atoms with Gasteiger partial charge >= 0.3 is 0 Å². The van der Waals surface area contributed by atoms with E-state index in [4.69, 9.17) is 4.74 Å². The first-order valence-corrected chi connectivity index (χ1v) is 10.6. The van der Waals surface area contributed by atoms with Crippen molar-refractivity contribution in [1.82, 2.24) is 20.4 Å². The van der Waals surface area contributed by atoms with E-state index >= 15 is 0 Å². The fraction of sp³-hybridized carbons (Fsp3) is 0.682. The molecule has 1 fully saturated rings. The zero-order valence-electron chi connectivity index (χ0n) is 18.0. The Balaban J connectivity index is 1.43. The maximum atomic E-state index is 6.13. The number of guanidine groups is 1. The van der Waals surface area contributed by atoms with Crippen molar-refractivity contribution < 1.29 is 4.74 Å². The topological polar surface area (TPSA) is 52.1 Å². The van der Waals surface area contributed by atoms with Crippen LogP contribution in [0.2, 0.25) is 0 Å². The largest absolute Gasteiger partial charge is 0.487 e. The number of likely N-dealkylation sites (N-methyl/N-ethyl adjacent to an activating group) is 1. The van der Waals surface area contributed by atoms with Gasteiger partial charge in [0.15, 0.2) is 5.96 Å². The number of hydrogen-bond acceptors (Lipinski definition) is 4. The quantitative estimate of drug-likeness (QED) is 0.446. The summed E-state index contributed by atoms with van der Waals surface area (Å²) in [5.41, 5.74) is 1.02. The molecule has 0 saturated carbocycles. The van der Waals surface area contributed by atoms with Crippen molar-refractivity contribution in [1.29, 1.82) is 0 Å². The van der Waals surface area contributed by atoms with Crippen LogP contribution in [0.15, 0.2) is 29.3 Å². The van der Waals surface area contributed by atoms with Gasteiger partial charge in [-0.2, -0.15) is 0 Å². The molecular weight excluding hydrogens is 350 g/mol. The summed E-state index contributed by atoms with van der Waals surface area (Å²) in [5.74, 6) is 1.84. The number of nitrogens with one attached hydrogen (secondary N) is 2. The number of para-hydroxylation sites is 1. The van der Waals surface area contributed by atoms with E-state index in [1.807, 2.05) is 13.1 Å². The van der Waals surface area contributed by atoms with Gasteiger partial charge in [0.25, 0.3) is 0 Å².